The van der Waals surface area contributed by atoms with Crippen molar-refractivity contribution in [2.45, 2.75) is 51.1 Å². The van der Waals surface area contributed by atoms with Gasteiger partial charge in [-0.2, -0.15) is 0 Å². The molecule has 0 spiro atoms. The summed E-state index contributed by atoms with van der Waals surface area (Å²) >= 11 is 0. The highest BCUT2D eigenvalue weighted by atomic mass is 15.1. The molecule has 1 heterocycles. The largest absolute Gasteiger partial charge is 0.333 e. The summed E-state index contributed by atoms with van der Waals surface area (Å²) in [6.45, 7) is 3.36. The van der Waals surface area contributed by atoms with Crippen LogP contribution in [0.4, 0.5) is 0 Å². The summed E-state index contributed by atoms with van der Waals surface area (Å²) in [5, 5.41) is 3.66. The van der Waals surface area contributed by atoms with Crippen LogP contribution in [-0.2, 0) is 0 Å². The summed E-state index contributed by atoms with van der Waals surface area (Å²) in [7, 11) is 0. The summed E-state index contributed by atoms with van der Waals surface area (Å²) in [6.07, 6.45) is 12.5. The molecule has 1 aliphatic rings. The van der Waals surface area contributed by atoms with Gasteiger partial charge < -0.3 is 9.88 Å². The molecule has 3 nitrogen and oxygen atoms in total. The van der Waals surface area contributed by atoms with Crippen molar-refractivity contribution in [3.63, 3.8) is 0 Å². The van der Waals surface area contributed by atoms with Crippen LogP contribution < -0.4 is 5.32 Å². The smallest absolute Gasteiger partial charge is 0.0949 e. The van der Waals surface area contributed by atoms with E-state index in [1.165, 1.54) is 32.1 Å². The van der Waals surface area contributed by atoms with Gasteiger partial charge in [-0.05, 0) is 25.8 Å². The Morgan fingerprint density at radius 3 is 3.00 bits per heavy atom. The van der Waals surface area contributed by atoms with E-state index in [0.29, 0.717) is 12.1 Å². The Labute approximate surface area is 91.9 Å². The topological polar surface area (TPSA) is 29.9 Å². The Hall–Kier alpha value is -0.830. The van der Waals surface area contributed by atoms with Crippen LogP contribution in [0.15, 0.2) is 18.7 Å². The average Bonchev–Trinajstić information content (AvgIpc) is 2.80. The van der Waals surface area contributed by atoms with Crippen LogP contribution >= 0.6 is 0 Å². The molecule has 2 unspecified atom stereocenters. The third-order valence-electron chi connectivity index (χ3n) is 3.29. The van der Waals surface area contributed by atoms with Gasteiger partial charge in [0.15, 0.2) is 0 Å². The number of hydrogen-bond donors (Lipinski definition) is 1. The zero-order chi connectivity index (χ0) is 10.5. The van der Waals surface area contributed by atoms with E-state index in [1.54, 1.807) is 0 Å². The molecule has 2 atom stereocenters. The van der Waals surface area contributed by atoms with Gasteiger partial charge in [-0.25, -0.2) is 4.98 Å². The Bertz CT molecular complexity index is 268. The lowest BCUT2D eigenvalue weighted by Gasteiger charge is -2.33. The molecule has 84 valence electrons. The van der Waals surface area contributed by atoms with Crippen LogP contribution in [0.5, 0.6) is 0 Å². The molecule has 1 aliphatic carbocycles. The van der Waals surface area contributed by atoms with Crippen LogP contribution in [0, 0.1) is 0 Å². The maximum absolute atomic E-state index is 4.15. The van der Waals surface area contributed by atoms with E-state index in [2.05, 4.69) is 28.0 Å². The standard InChI is InChI=1S/C12H21N3/c1-2-7-14-11-5-3-4-6-12(11)15-9-8-13-10-15/h8-12,14H,2-7H2,1H3. The van der Waals surface area contributed by atoms with Crippen molar-refractivity contribution in [1.29, 1.82) is 0 Å². The number of nitrogens with one attached hydrogen (secondary N) is 1. The van der Waals surface area contributed by atoms with Gasteiger partial charge in [0.05, 0.1) is 6.33 Å². The maximum Gasteiger partial charge on any atom is 0.0949 e. The third kappa shape index (κ3) is 2.59. The van der Waals surface area contributed by atoms with E-state index < -0.39 is 0 Å². The Morgan fingerprint density at radius 2 is 2.27 bits per heavy atom. The molecule has 1 aromatic rings. The summed E-state index contributed by atoms with van der Waals surface area (Å²) in [5.41, 5.74) is 0. The van der Waals surface area contributed by atoms with Crippen molar-refractivity contribution in [1.82, 2.24) is 14.9 Å². The van der Waals surface area contributed by atoms with E-state index in [-0.39, 0.29) is 0 Å². The maximum atomic E-state index is 4.15. The van der Waals surface area contributed by atoms with Gasteiger partial charge in [0, 0.05) is 24.5 Å². The van der Waals surface area contributed by atoms with Gasteiger partial charge >= 0.3 is 0 Å². The normalized spacial score (nSPS) is 26.7. The molecule has 15 heavy (non-hydrogen) atoms. The Balaban J connectivity index is 1.99. The summed E-state index contributed by atoms with van der Waals surface area (Å²) in [5.74, 6) is 0. The molecule has 3 heteroatoms. The second-order valence-corrected chi connectivity index (χ2v) is 4.42. The molecule has 1 fully saturated rings. The van der Waals surface area contributed by atoms with Crippen molar-refractivity contribution >= 4 is 0 Å². The molecule has 2 rings (SSSR count). The van der Waals surface area contributed by atoms with Crippen LogP contribution in [0.3, 0.4) is 0 Å². The minimum Gasteiger partial charge on any atom is -0.333 e. The fourth-order valence-electron chi connectivity index (χ4n) is 2.50. The van der Waals surface area contributed by atoms with Crippen LogP contribution in [0.25, 0.3) is 0 Å². The molecule has 1 N–H and O–H groups in total. The zero-order valence-corrected chi connectivity index (χ0v) is 9.52. The van der Waals surface area contributed by atoms with E-state index in [9.17, 15) is 0 Å². The molecule has 0 radical (unpaired) electrons. The summed E-state index contributed by atoms with van der Waals surface area (Å²) in [6, 6.07) is 1.26. The van der Waals surface area contributed by atoms with E-state index in [0.717, 1.165) is 6.54 Å². The lowest BCUT2D eigenvalue weighted by molar-refractivity contribution is 0.263. The first-order valence-electron chi connectivity index (χ1n) is 6.12. The fraction of sp³-hybridized carbons (Fsp3) is 0.750. The van der Waals surface area contributed by atoms with Crippen molar-refractivity contribution < 1.29 is 0 Å². The predicted molar refractivity (Wildman–Crippen MR) is 61.8 cm³/mol. The first kappa shape index (κ1) is 10.7. The average molecular weight is 207 g/mol. The number of imidazole rings is 1. The number of aromatic nitrogens is 2. The number of hydrogen-bond acceptors (Lipinski definition) is 2. The van der Waals surface area contributed by atoms with E-state index in [1.807, 2.05) is 12.5 Å². The van der Waals surface area contributed by atoms with Crippen molar-refractivity contribution in [3.05, 3.63) is 18.7 Å². The van der Waals surface area contributed by atoms with Gasteiger partial charge in [-0.1, -0.05) is 19.8 Å². The van der Waals surface area contributed by atoms with Gasteiger partial charge in [0.25, 0.3) is 0 Å². The number of nitrogens with zero attached hydrogens (tertiary/aromatic N) is 2. The molecular weight excluding hydrogens is 186 g/mol. The minimum atomic E-state index is 0.618. The number of rotatable bonds is 4. The SMILES string of the molecule is CCCNC1CCCCC1n1ccnc1. The summed E-state index contributed by atoms with van der Waals surface area (Å²) < 4.78 is 2.27. The van der Waals surface area contributed by atoms with Crippen molar-refractivity contribution in [3.8, 4) is 0 Å². The molecular formula is C12H21N3. The lowest BCUT2D eigenvalue weighted by atomic mass is 9.90. The highest BCUT2D eigenvalue weighted by Gasteiger charge is 2.25. The molecule has 1 saturated carbocycles. The zero-order valence-electron chi connectivity index (χ0n) is 9.52. The molecule has 1 aromatic heterocycles. The quantitative estimate of drug-likeness (QED) is 0.821. The highest BCUT2D eigenvalue weighted by Crippen LogP contribution is 2.28. The fourth-order valence-corrected chi connectivity index (χ4v) is 2.50. The molecule has 0 bridgehead atoms. The Kier molecular flexibility index (Phi) is 3.78. The summed E-state index contributed by atoms with van der Waals surface area (Å²) in [4.78, 5) is 4.15. The van der Waals surface area contributed by atoms with Crippen LogP contribution in [0.2, 0.25) is 0 Å². The monoisotopic (exact) mass is 207 g/mol. The first-order chi connectivity index (χ1) is 7.42. The lowest BCUT2D eigenvalue weighted by Crippen LogP contribution is -2.39. The van der Waals surface area contributed by atoms with E-state index in [4.69, 9.17) is 0 Å². The third-order valence-corrected chi connectivity index (χ3v) is 3.29. The molecule has 0 amide bonds. The first-order valence-corrected chi connectivity index (χ1v) is 6.12. The highest BCUT2D eigenvalue weighted by molar-refractivity contribution is 4.89. The van der Waals surface area contributed by atoms with E-state index >= 15 is 0 Å². The van der Waals surface area contributed by atoms with Gasteiger partial charge in [0.1, 0.15) is 0 Å². The predicted octanol–water partition coefficient (Wildman–Crippen LogP) is 2.37. The van der Waals surface area contributed by atoms with Crippen LogP contribution in [-0.4, -0.2) is 22.1 Å². The second-order valence-electron chi connectivity index (χ2n) is 4.42. The van der Waals surface area contributed by atoms with Gasteiger partial charge in [-0.3, -0.25) is 0 Å². The molecule has 0 aromatic carbocycles. The van der Waals surface area contributed by atoms with Crippen molar-refractivity contribution in [2.75, 3.05) is 6.54 Å². The Morgan fingerprint density at radius 1 is 1.40 bits per heavy atom. The second kappa shape index (κ2) is 5.31. The van der Waals surface area contributed by atoms with Gasteiger partial charge in [-0.15, -0.1) is 0 Å². The van der Waals surface area contributed by atoms with Crippen LogP contribution in [0.1, 0.15) is 45.1 Å². The van der Waals surface area contributed by atoms with Crippen molar-refractivity contribution in [2.24, 2.45) is 0 Å². The minimum absolute atomic E-state index is 0.618. The molecule has 0 aliphatic heterocycles. The molecule has 0 saturated heterocycles. The van der Waals surface area contributed by atoms with Gasteiger partial charge in [0.2, 0.25) is 0 Å².